The summed E-state index contributed by atoms with van der Waals surface area (Å²) in [7, 11) is 1.74. The van der Waals surface area contributed by atoms with E-state index in [1.807, 2.05) is 11.8 Å². The van der Waals surface area contributed by atoms with Crippen molar-refractivity contribution in [1.82, 2.24) is 4.90 Å². The number of carbonyl (C=O) groups excluding carboxylic acids is 1. The fraction of sp³-hybridized carbons (Fsp3) is 0.462. The Kier molecular flexibility index (Phi) is 4.95. The minimum atomic E-state index is -0.247. The van der Waals surface area contributed by atoms with E-state index < -0.39 is 0 Å². The number of rotatable bonds is 3. The number of thioether (sulfide) groups is 2. The zero-order chi connectivity index (χ0) is 13.0. The standard InChI is InChI=1S/C13H16FNOS2/c1-15(8-10-4-2-3-5-11(10)14)13(16)12-9-17-6-7-18-12/h2-5,12H,6-9H2,1H3. The average Bonchev–Trinajstić information content (AvgIpc) is 2.41. The smallest absolute Gasteiger partial charge is 0.236 e. The lowest BCUT2D eigenvalue weighted by Crippen LogP contribution is -2.37. The van der Waals surface area contributed by atoms with E-state index in [2.05, 4.69) is 0 Å². The maximum Gasteiger partial charge on any atom is 0.236 e. The van der Waals surface area contributed by atoms with Gasteiger partial charge in [0.15, 0.2) is 0 Å². The van der Waals surface area contributed by atoms with Crippen LogP contribution in [0.25, 0.3) is 0 Å². The van der Waals surface area contributed by atoms with Crippen molar-refractivity contribution in [3.8, 4) is 0 Å². The third-order valence-corrected chi connectivity index (χ3v) is 5.57. The monoisotopic (exact) mass is 285 g/mol. The molecule has 2 nitrogen and oxygen atoms in total. The highest BCUT2D eigenvalue weighted by Crippen LogP contribution is 2.25. The Morgan fingerprint density at radius 3 is 2.89 bits per heavy atom. The first-order valence-corrected chi connectivity index (χ1v) is 8.06. The molecule has 0 bridgehead atoms. The van der Waals surface area contributed by atoms with E-state index in [0.717, 1.165) is 17.3 Å². The molecule has 1 unspecified atom stereocenters. The molecule has 1 fully saturated rings. The second-order valence-corrected chi connectivity index (χ2v) is 6.68. The van der Waals surface area contributed by atoms with Gasteiger partial charge in [0.1, 0.15) is 5.82 Å². The zero-order valence-corrected chi connectivity index (χ0v) is 11.9. The molecule has 1 atom stereocenters. The molecule has 1 aromatic rings. The number of carbonyl (C=O) groups is 1. The van der Waals surface area contributed by atoms with Gasteiger partial charge < -0.3 is 4.90 Å². The Morgan fingerprint density at radius 1 is 1.44 bits per heavy atom. The molecule has 0 saturated carbocycles. The van der Waals surface area contributed by atoms with Crippen molar-refractivity contribution in [1.29, 1.82) is 0 Å². The van der Waals surface area contributed by atoms with Gasteiger partial charge in [0, 0.05) is 36.4 Å². The van der Waals surface area contributed by atoms with Crippen LogP contribution >= 0.6 is 23.5 Å². The first kappa shape index (κ1) is 13.7. The Hall–Kier alpha value is -0.680. The molecule has 98 valence electrons. The highest BCUT2D eigenvalue weighted by atomic mass is 32.2. The largest absolute Gasteiger partial charge is 0.340 e. The number of amides is 1. The highest BCUT2D eigenvalue weighted by Gasteiger charge is 2.25. The molecule has 0 aromatic heterocycles. The van der Waals surface area contributed by atoms with Gasteiger partial charge in [-0.2, -0.15) is 11.8 Å². The van der Waals surface area contributed by atoms with E-state index in [1.165, 1.54) is 6.07 Å². The lowest BCUT2D eigenvalue weighted by Gasteiger charge is -2.26. The lowest BCUT2D eigenvalue weighted by atomic mass is 10.2. The van der Waals surface area contributed by atoms with E-state index in [4.69, 9.17) is 0 Å². The van der Waals surface area contributed by atoms with Crippen LogP contribution in [-0.2, 0) is 11.3 Å². The Labute approximate surface area is 115 Å². The van der Waals surface area contributed by atoms with Crippen molar-refractivity contribution >= 4 is 29.4 Å². The Bertz CT molecular complexity index is 421. The molecular formula is C13H16FNOS2. The number of nitrogens with zero attached hydrogens (tertiary/aromatic N) is 1. The van der Waals surface area contributed by atoms with Gasteiger partial charge in [0.05, 0.1) is 5.25 Å². The van der Waals surface area contributed by atoms with Crippen LogP contribution in [0.2, 0.25) is 0 Å². The van der Waals surface area contributed by atoms with Crippen molar-refractivity contribution in [2.45, 2.75) is 11.8 Å². The second-order valence-electron chi connectivity index (χ2n) is 4.22. The topological polar surface area (TPSA) is 20.3 Å². The van der Waals surface area contributed by atoms with Crippen molar-refractivity contribution in [2.75, 3.05) is 24.3 Å². The molecule has 5 heteroatoms. The molecule has 0 radical (unpaired) electrons. The fourth-order valence-electron chi connectivity index (χ4n) is 1.84. The number of benzene rings is 1. The SMILES string of the molecule is CN(Cc1ccccc1F)C(=O)C1CSCCS1. The summed E-state index contributed by atoms with van der Waals surface area (Å²) < 4.78 is 13.5. The predicted octanol–water partition coefficient (Wildman–Crippen LogP) is 2.63. The summed E-state index contributed by atoms with van der Waals surface area (Å²) in [6.07, 6.45) is 0. The molecule has 1 aliphatic rings. The summed E-state index contributed by atoms with van der Waals surface area (Å²) in [5.41, 5.74) is 0.571. The van der Waals surface area contributed by atoms with E-state index >= 15 is 0 Å². The van der Waals surface area contributed by atoms with Crippen molar-refractivity contribution < 1.29 is 9.18 Å². The average molecular weight is 285 g/mol. The molecule has 0 aliphatic carbocycles. The Morgan fingerprint density at radius 2 is 2.22 bits per heavy atom. The number of hydrogen-bond donors (Lipinski definition) is 0. The van der Waals surface area contributed by atoms with Crippen LogP contribution in [-0.4, -0.2) is 40.4 Å². The van der Waals surface area contributed by atoms with E-state index in [0.29, 0.717) is 12.1 Å². The van der Waals surface area contributed by atoms with E-state index in [-0.39, 0.29) is 17.0 Å². The molecular weight excluding hydrogens is 269 g/mol. The number of hydrogen-bond acceptors (Lipinski definition) is 3. The lowest BCUT2D eigenvalue weighted by molar-refractivity contribution is -0.129. The van der Waals surface area contributed by atoms with Gasteiger partial charge in [-0.1, -0.05) is 18.2 Å². The summed E-state index contributed by atoms with van der Waals surface area (Å²) in [4.78, 5) is 13.8. The minimum Gasteiger partial charge on any atom is -0.340 e. The summed E-state index contributed by atoms with van der Waals surface area (Å²) in [6.45, 7) is 0.341. The molecule has 1 aromatic carbocycles. The molecule has 18 heavy (non-hydrogen) atoms. The van der Waals surface area contributed by atoms with Gasteiger partial charge >= 0.3 is 0 Å². The maximum absolute atomic E-state index is 13.5. The van der Waals surface area contributed by atoms with E-state index in [9.17, 15) is 9.18 Å². The summed E-state index contributed by atoms with van der Waals surface area (Å²) in [6, 6.07) is 6.61. The Balaban J connectivity index is 1.96. The van der Waals surface area contributed by atoms with Gasteiger partial charge in [0.2, 0.25) is 5.91 Å². The molecule has 1 amide bonds. The molecule has 0 N–H and O–H groups in total. The third-order valence-electron chi connectivity index (χ3n) is 2.83. The van der Waals surface area contributed by atoms with Crippen LogP contribution in [0.3, 0.4) is 0 Å². The van der Waals surface area contributed by atoms with Gasteiger partial charge in [-0.25, -0.2) is 4.39 Å². The normalized spacial score (nSPS) is 19.6. The van der Waals surface area contributed by atoms with E-state index in [1.54, 1.807) is 41.9 Å². The highest BCUT2D eigenvalue weighted by molar-refractivity contribution is 8.07. The quantitative estimate of drug-likeness (QED) is 0.851. The predicted molar refractivity (Wildman–Crippen MR) is 76.4 cm³/mol. The van der Waals surface area contributed by atoms with Crippen LogP contribution in [0.1, 0.15) is 5.56 Å². The van der Waals surface area contributed by atoms with Crippen LogP contribution in [0.4, 0.5) is 4.39 Å². The van der Waals surface area contributed by atoms with Gasteiger partial charge in [0.25, 0.3) is 0 Å². The van der Waals surface area contributed by atoms with Gasteiger partial charge in [-0.05, 0) is 6.07 Å². The summed E-state index contributed by atoms with van der Waals surface area (Å²) in [5, 5.41) is 0.0283. The molecule has 0 spiro atoms. The zero-order valence-electron chi connectivity index (χ0n) is 10.3. The molecule has 1 saturated heterocycles. The summed E-state index contributed by atoms with van der Waals surface area (Å²) in [5.74, 6) is 2.86. The second kappa shape index (κ2) is 6.48. The minimum absolute atomic E-state index is 0.0283. The van der Waals surface area contributed by atoms with Gasteiger partial charge in [-0.3, -0.25) is 4.79 Å². The van der Waals surface area contributed by atoms with Crippen molar-refractivity contribution in [3.05, 3.63) is 35.6 Å². The summed E-state index contributed by atoms with van der Waals surface area (Å²) >= 11 is 3.52. The van der Waals surface area contributed by atoms with Crippen molar-refractivity contribution in [3.63, 3.8) is 0 Å². The fourth-order valence-corrected chi connectivity index (χ4v) is 4.50. The number of halogens is 1. The first-order chi connectivity index (χ1) is 8.68. The molecule has 1 heterocycles. The molecule has 1 aliphatic heterocycles. The van der Waals surface area contributed by atoms with Gasteiger partial charge in [-0.15, -0.1) is 11.8 Å². The van der Waals surface area contributed by atoms with Crippen molar-refractivity contribution in [2.24, 2.45) is 0 Å². The maximum atomic E-state index is 13.5. The third kappa shape index (κ3) is 3.42. The van der Waals surface area contributed by atoms with Crippen LogP contribution in [0.5, 0.6) is 0 Å². The van der Waals surface area contributed by atoms with Crippen LogP contribution in [0.15, 0.2) is 24.3 Å². The van der Waals surface area contributed by atoms with Crippen LogP contribution in [0, 0.1) is 5.82 Å². The van der Waals surface area contributed by atoms with Crippen LogP contribution < -0.4 is 0 Å². The first-order valence-electron chi connectivity index (χ1n) is 5.86. The molecule has 2 rings (SSSR count).